The number of rotatable bonds is 3. The summed E-state index contributed by atoms with van der Waals surface area (Å²) in [7, 11) is 0. The lowest BCUT2D eigenvalue weighted by Crippen LogP contribution is -2.13. The van der Waals surface area contributed by atoms with Crippen molar-refractivity contribution in [2.45, 2.75) is 13.8 Å². The van der Waals surface area contributed by atoms with E-state index in [-0.39, 0.29) is 11.6 Å². The predicted molar refractivity (Wildman–Crippen MR) is 81.4 cm³/mol. The molecule has 1 amide bonds. The lowest BCUT2D eigenvalue weighted by molar-refractivity contribution is -0.384. The summed E-state index contributed by atoms with van der Waals surface area (Å²) in [6, 6.07) is 9.34. The number of nitrogen functional groups attached to an aromatic ring is 1. The summed E-state index contributed by atoms with van der Waals surface area (Å²) < 4.78 is 0. The van der Waals surface area contributed by atoms with Crippen molar-refractivity contribution in [3.63, 3.8) is 0 Å². The molecule has 0 atom stereocenters. The molecule has 3 N–H and O–H groups in total. The zero-order valence-electron chi connectivity index (χ0n) is 11.7. The van der Waals surface area contributed by atoms with Gasteiger partial charge in [-0.25, -0.2) is 0 Å². The van der Waals surface area contributed by atoms with Gasteiger partial charge in [-0.1, -0.05) is 6.07 Å². The predicted octanol–water partition coefficient (Wildman–Crippen LogP) is 3.05. The SMILES string of the molecule is Cc1ccc(C(=O)Nc2ccc([N+](=O)[O-])cc2C)cc1N. The van der Waals surface area contributed by atoms with Gasteiger partial charge in [0.1, 0.15) is 0 Å². The Morgan fingerprint density at radius 3 is 2.43 bits per heavy atom. The first-order chi connectivity index (χ1) is 9.88. The number of aryl methyl sites for hydroxylation is 2. The van der Waals surface area contributed by atoms with Gasteiger partial charge < -0.3 is 11.1 Å². The molecule has 0 saturated carbocycles. The number of hydrogen-bond donors (Lipinski definition) is 2. The monoisotopic (exact) mass is 285 g/mol. The molecule has 2 aromatic carbocycles. The lowest BCUT2D eigenvalue weighted by Gasteiger charge is -2.09. The van der Waals surface area contributed by atoms with Crippen LogP contribution in [0.15, 0.2) is 36.4 Å². The summed E-state index contributed by atoms with van der Waals surface area (Å²) in [6.07, 6.45) is 0. The van der Waals surface area contributed by atoms with Gasteiger partial charge in [0, 0.05) is 29.1 Å². The standard InChI is InChI=1S/C15H15N3O3/c1-9-3-4-11(8-13(9)16)15(19)17-14-6-5-12(18(20)21)7-10(14)2/h3-8H,16H2,1-2H3,(H,17,19). The molecule has 6 nitrogen and oxygen atoms in total. The highest BCUT2D eigenvalue weighted by Gasteiger charge is 2.12. The van der Waals surface area contributed by atoms with Crippen molar-refractivity contribution >= 4 is 23.0 Å². The Morgan fingerprint density at radius 2 is 1.86 bits per heavy atom. The highest BCUT2D eigenvalue weighted by molar-refractivity contribution is 6.05. The lowest BCUT2D eigenvalue weighted by atomic mass is 10.1. The van der Waals surface area contributed by atoms with E-state index in [0.29, 0.717) is 22.5 Å². The summed E-state index contributed by atoms with van der Waals surface area (Å²) in [5, 5.41) is 13.4. The van der Waals surface area contributed by atoms with Crippen molar-refractivity contribution in [2.24, 2.45) is 0 Å². The molecule has 0 aliphatic rings. The van der Waals surface area contributed by atoms with Gasteiger partial charge >= 0.3 is 0 Å². The third-order valence-electron chi connectivity index (χ3n) is 3.21. The molecule has 21 heavy (non-hydrogen) atoms. The number of amides is 1. The number of nitrogens with one attached hydrogen (secondary N) is 1. The number of nitrogens with two attached hydrogens (primary N) is 1. The maximum atomic E-state index is 12.1. The van der Waals surface area contributed by atoms with E-state index >= 15 is 0 Å². The highest BCUT2D eigenvalue weighted by atomic mass is 16.6. The molecular formula is C15H15N3O3. The zero-order valence-corrected chi connectivity index (χ0v) is 11.7. The Balaban J connectivity index is 2.23. The van der Waals surface area contributed by atoms with Crippen molar-refractivity contribution in [1.82, 2.24) is 0 Å². The minimum Gasteiger partial charge on any atom is -0.398 e. The van der Waals surface area contributed by atoms with Crippen LogP contribution in [0.5, 0.6) is 0 Å². The first kappa shape index (κ1) is 14.5. The number of hydrogen-bond acceptors (Lipinski definition) is 4. The fourth-order valence-electron chi connectivity index (χ4n) is 1.88. The number of nitro groups is 1. The fraction of sp³-hybridized carbons (Fsp3) is 0.133. The maximum absolute atomic E-state index is 12.1. The molecule has 2 rings (SSSR count). The number of nitrogens with zero attached hydrogens (tertiary/aromatic N) is 1. The fourth-order valence-corrected chi connectivity index (χ4v) is 1.88. The summed E-state index contributed by atoms with van der Waals surface area (Å²) in [4.78, 5) is 22.4. The molecule has 0 aliphatic carbocycles. The van der Waals surface area contributed by atoms with Gasteiger partial charge in [0.25, 0.3) is 11.6 Å². The minimum atomic E-state index is -0.473. The van der Waals surface area contributed by atoms with Crippen molar-refractivity contribution in [1.29, 1.82) is 0 Å². The number of anilines is 2. The average molecular weight is 285 g/mol. The maximum Gasteiger partial charge on any atom is 0.269 e. The highest BCUT2D eigenvalue weighted by Crippen LogP contribution is 2.22. The van der Waals surface area contributed by atoms with Crippen LogP contribution in [0.1, 0.15) is 21.5 Å². The number of benzene rings is 2. The molecule has 0 saturated heterocycles. The van der Waals surface area contributed by atoms with E-state index < -0.39 is 4.92 Å². The van der Waals surface area contributed by atoms with Crippen LogP contribution >= 0.6 is 0 Å². The van der Waals surface area contributed by atoms with E-state index in [1.54, 1.807) is 25.1 Å². The summed E-state index contributed by atoms with van der Waals surface area (Å²) in [5.41, 5.74) is 8.81. The van der Waals surface area contributed by atoms with E-state index in [4.69, 9.17) is 5.73 Å². The van der Waals surface area contributed by atoms with E-state index in [2.05, 4.69) is 5.32 Å². The van der Waals surface area contributed by atoms with E-state index in [0.717, 1.165) is 5.56 Å². The summed E-state index contributed by atoms with van der Waals surface area (Å²) >= 11 is 0. The first-order valence-corrected chi connectivity index (χ1v) is 6.31. The van der Waals surface area contributed by atoms with Gasteiger partial charge in [-0.05, 0) is 43.2 Å². The van der Waals surface area contributed by atoms with Gasteiger partial charge in [-0.2, -0.15) is 0 Å². The van der Waals surface area contributed by atoms with E-state index in [1.807, 2.05) is 6.92 Å². The molecule has 0 unspecified atom stereocenters. The van der Waals surface area contributed by atoms with Gasteiger partial charge in [-0.15, -0.1) is 0 Å². The molecule has 0 radical (unpaired) electrons. The van der Waals surface area contributed by atoms with Crippen molar-refractivity contribution in [2.75, 3.05) is 11.1 Å². The number of non-ortho nitro benzene ring substituents is 1. The van der Waals surface area contributed by atoms with Crippen LogP contribution in [0, 0.1) is 24.0 Å². The van der Waals surface area contributed by atoms with Crippen LogP contribution in [0.4, 0.5) is 17.1 Å². The van der Waals surface area contributed by atoms with Crippen molar-refractivity contribution < 1.29 is 9.72 Å². The Kier molecular flexibility index (Phi) is 3.89. The van der Waals surface area contributed by atoms with Crippen molar-refractivity contribution in [3.8, 4) is 0 Å². The van der Waals surface area contributed by atoms with Crippen LogP contribution < -0.4 is 11.1 Å². The molecule has 0 aliphatic heterocycles. The zero-order chi connectivity index (χ0) is 15.6. The second-order valence-corrected chi connectivity index (χ2v) is 4.78. The van der Waals surface area contributed by atoms with Gasteiger partial charge in [0.2, 0.25) is 0 Å². The molecule has 0 bridgehead atoms. The van der Waals surface area contributed by atoms with Crippen LogP contribution in [0.3, 0.4) is 0 Å². The minimum absolute atomic E-state index is 0.00919. The molecule has 6 heteroatoms. The van der Waals surface area contributed by atoms with Gasteiger partial charge in [-0.3, -0.25) is 14.9 Å². The smallest absolute Gasteiger partial charge is 0.269 e. The van der Waals surface area contributed by atoms with Gasteiger partial charge in [0.15, 0.2) is 0 Å². The van der Waals surface area contributed by atoms with Gasteiger partial charge in [0.05, 0.1) is 4.92 Å². The molecule has 0 aromatic heterocycles. The first-order valence-electron chi connectivity index (χ1n) is 6.31. The molecule has 0 heterocycles. The second kappa shape index (κ2) is 5.62. The topological polar surface area (TPSA) is 98.3 Å². The summed E-state index contributed by atoms with van der Waals surface area (Å²) in [6.45, 7) is 3.56. The number of carbonyl (C=O) groups excluding carboxylic acids is 1. The number of nitro benzene ring substituents is 1. The van der Waals surface area contributed by atoms with Crippen molar-refractivity contribution in [3.05, 3.63) is 63.2 Å². The van der Waals surface area contributed by atoms with E-state index in [9.17, 15) is 14.9 Å². The molecule has 0 fully saturated rings. The third-order valence-corrected chi connectivity index (χ3v) is 3.21. The van der Waals surface area contributed by atoms with Crippen LogP contribution in [0.25, 0.3) is 0 Å². The Labute approximate surface area is 121 Å². The molecule has 0 spiro atoms. The second-order valence-electron chi connectivity index (χ2n) is 4.78. The van der Waals surface area contributed by atoms with Crippen LogP contribution in [0.2, 0.25) is 0 Å². The summed E-state index contributed by atoms with van der Waals surface area (Å²) in [5.74, 6) is -0.307. The Morgan fingerprint density at radius 1 is 1.14 bits per heavy atom. The number of carbonyl (C=O) groups is 1. The largest absolute Gasteiger partial charge is 0.398 e. The Bertz CT molecular complexity index is 726. The van der Waals surface area contributed by atoms with Crippen LogP contribution in [-0.2, 0) is 0 Å². The molecule has 2 aromatic rings. The normalized spacial score (nSPS) is 10.2. The quantitative estimate of drug-likeness (QED) is 0.514. The third kappa shape index (κ3) is 3.17. The Hall–Kier alpha value is -2.89. The molecule has 108 valence electrons. The van der Waals surface area contributed by atoms with E-state index in [1.165, 1.54) is 18.2 Å². The average Bonchev–Trinajstić information content (AvgIpc) is 2.43. The van der Waals surface area contributed by atoms with Crippen LogP contribution in [-0.4, -0.2) is 10.8 Å². The molecular weight excluding hydrogens is 270 g/mol.